The summed E-state index contributed by atoms with van der Waals surface area (Å²) in [5.74, 6) is 1.05. The van der Waals surface area contributed by atoms with Gasteiger partial charge in [0.2, 0.25) is 5.91 Å². The Morgan fingerprint density at radius 2 is 1.79 bits per heavy atom. The van der Waals surface area contributed by atoms with Crippen LogP contribution in [0.25, 0.3) is 0 Å². The van der Waals surface area contributed by atoms with Crippen molar-refractivity contribution in [3.05, 3.63) is 34.9 Å². The zero-order valence-corrected chi connectivity index (χ0v) is 15.7. The van der Waals surface area contributed by atoms with E-state index in [0.717, 1.165) is 5.02 Å². The fourth-order valence-electron chi connectivity index (χ4n) is 4.47. The molecule has 1 unspecified atom stereocenters. The summed E-state index contributed by atoms with van der Waals surface area (Å²) in [6, 6.07) is 9.46. The number of nitrogens with one attached hydrogen (secondary N) is 1. The minimum Gasteiger partial charge on any atom is -0.349 e. The largest absolute Gasteiger partial charge is 0.349 e. The second kappa shape index (κ2) is 7.45. The summed E-state index contributed by atoms with van der Waals surface area (Å²) < 4.78 is 0. The molecule has 2 aliphatic heterocycles. The maximum absolute atomic E-state index is 12.4. The van der Waals surface area contributed by atoms with E-state index >= 15 is 0 Å². The standard InChI is InChI=1S/C20H29ClN2O/c1-13(2)10-19(24)22-20(14-4-6-16(21)7-5-14)15-11-17-8-9-18(12-15)23(17)3/h4-7,13,15,17-18,20H,8-12H2,1-3H3,(H,22,24)/t15?,17-,18+,20-/m1/s1. The van der Waals surface area contributed by atoms with E-state index in [4.69, 9.17) is 11.6 Å². The number of piperidine rings is 1. The van der Waals surface area contributed by atoms with Crippen molar-refractivity contribution in [1.29, 1.82) is 0 Å². The average molecular weight is 349 g/mol. The predicted octanol–water partition coefficient (Wildman–Crippen LogP) is 4.42. The van der Waals surface area contributed by atoms with Crippen molar-refractivity contribution in [2.24, 2.45) is 11.8 Å². The maximum Gasteiger partial charge on any atom is 0.220 e. The lowest BCUT2D eigenvalue weighted by Crippen LogP contribution is -2.44. The van der Waals surface area contributed by atoms with E-state index in [1.165, 1.54) is 31.2 Å². The highest BCUT2D eigenvalue weighted by molar-refractivity contribution is 6.30. The molecule has 2 aliphatic rings. The molecule has 2 fully saturated rings. The van der Waals surface area contributed by atoms with Gasteiger partial charge in [0.1, 0.15) is 0 Å². The van der Waals surface area contributed by atoms with Gasteiger partial charge in [-0.25, -0.2) is 0 Å². The van der Waals surface area contributed by atoms with Crippen LogP contribution in [0, 0.1) is 11.8 Å². The van der Waals surface area contributed by atoms with Gasteiger partial charge in [0.05, 0.1) is 6.04 Å². The molecule has 132 valence electrons. The second-order valence-electron chi connectivity index (χ2n) is 7.98. The molecule has 0 aromatic heterocycles. The number of carbonyl (C=O) groups is 1. The van der Waals surface area contributed by atoms with E-state index in [2.05, 4.69) is 43.2 Å². The van der Waals surface area contributed by atoms with Crippen LogP contribution in [0.15, 0.2) is 24.3 Å². The molecule has 2 saturated heterocycles. The lowest BCUT2D eigenvalue weighted by molar-refractivity contribution is -0.123. The number of fused-ring (bicyclic) bond motifs is 2. The number of benzene rings is 1. The van der Waals surface area contributed by atoms with Crippen LogP contribution < -0.4 is 5.32 Å². The molecule has 3 nitrogen and oxygen atoms in total. The van der Waals surface area contributed by atoms with Gasteiger partial charge in [-0.3, -0.25) is 4.79 Å². The normalized spacial score (nSPS) is 28.1. The van der Waals surface area contributed by atoms with E-state index in [0.29, 0.717) is 30.3 Å². The van der Waals surface area contributed by atoms with Crippen LogP contribution in [0.4, 0.5) is 0 Å². The van der Waals surface area contributed by atoms with E-state index < -0.39 is 0 Å². The number of amides is 1. The zero-order valence-electron chi connectivity index (χ0n) is 15.0. The highest BCUT2D eigenvalue weighted by Crippen LogP contribution is 2.42. The van der Waals surface area contributed by atoms with Crippen molar-refractivity contribution in [2.75, 3.05) is 7.05 Å². The predicted molar refractivity (Wildman–Crippen MR) is 99.1 cm³/mol. The second-order valence-corrected chi connectivity index (χ2v) is 8.41. The molecule has 0 spiro atoms. The Kier molecular flexibility index (Phi) is 5.51. The highest BCUT2D eigenvalue weighted by atomic mass is 35.5. The first-order chi connectivity index (χ1) is 11.4. The van der Waals surface area contributed by atoms with E-state index in [1.54, 1.807) is 0 Å². The van der Waals surface area contributed by atoms with Crippen LogP contribution in [-0.2, 0) is 4.79 Å². The Morgan fingerprint density at radius 1 is 1.21 bits per heavy atom. The zero-order chi connectivity index (χ0) is 17.3. The average Bonchev–Trinajstić information content (AvgIpc) is 2.74. The van der Waals surface area contributed by atoms with Crippen molar-refractivity contribution < 1.29 is 4.79 Å². The number of nitrogens with zero attached hydrogens (tertiary/aromatic N) is 1. The third-order valence-electron chi connectivity index (χ3n) is 5.75. The minimum atomic E-state index is 0.102. The van der Waals surface area contributed by atoms with E-state index in [1.807, 2.05) is 12.1 Å². The Hall–Kier alpha value is -1.06. The summed E-state index contributed by atoms with van der Waals surface area (Å²) >= 11 is 6.06. The lowest BCUT2D eigenvalue weighted by Gasteiger charge is -2.40. The van der Waals surface area contributed by atoms with Crippen LogP contribution in [-0.4, -0.2) is 29.9 Å². The van der Waals surface area contributed by atoms with Gasteiger partial charge in [-0.15, -0.1) is 0 Å². The first-order valence-electron chi connectivity index (χ1n) is 9.20. The molecule has 3 rings (SSSR count). The molecule has 1 N–H and O–H groups in total. The van der Waals surface area contributed by atoms with Crippen molar-refractivity contribution in [2.45, 2.75) is 64.1 Å². The molecule has 1 aromatic rings. The number of rotatable bonds is 5. The van der Waals surface area contributed by atoms with Crippen LogP contribution in [0.1, 0.15) is 57.6 Å². The van der Waals surface area contributed by atoms with Crippen molar-refractivity contribution in [1.82, 2.24) is 10.2 Å². The van der Waals surface area contributed by atoms with E-state index in [-0.39, 0.29) is 11.9 Å². The van der Waals surface area contributed by atoms with Gasteiger partial charge in [0.25, 0.3) is 0 Å². The topological polar surface area (TPSA) is 32.3 Å². The Labute approximate surface area is 150 Å². The third kappa shape index (κ3) is 3.94. The van der Waals surface area contributed by atoms with Gasteiger partial charge in [-0.05, 0) is 62.3 Å². The molecular formula is C20H29ClN2O. The first-order valence-corrected chi connectivity index (χ1v) is 9.58. The summed E-state index contributed by atoms with van der Waals surface area (Å²) in [7, 11) is 2.26. The van der Waals surface area contributed by atoms with Gasteiger partial charge in [-0.1, -0.05) is 37.6 Å². The molecule has 2 heterocycles. The Morgan fingerprint density at radius 3 is 2.33 bits per heavy atom. The Bertz CT molecular complexity index is 558. The molecule has 1 amide bonds. The lowest BCUT2D eigenvalue weighted by atomic mass is 9.82. The summed E-state index contributed by atoms with van der Waals surface area (Å²) in [4.78, 5) is 15.0. The van der Waals surface area contributed by atoms with Crippen LogP contribution in [0.2, 0.25) is 5.02 Å². The van der Waals surface area contributed by atoms with Crippen LogP contribution in [0.3, 0.4) is 0 Å². The first kappa shape index (κ1) is 17.8. The maximum atomic E-state index is 12.4. The minimum absolute atomic E-state index is 0.102. The Balaban J connectivity index is 1.79. The van der Waals surface area contributed by atoms with Gasteiger partial charge in [0.15, 0.2) is 0 Å². The molecule has 1 aromatic carbocycles. The smallest absolute Gasteiger partial charge is 0.220 e. The van der Waals surface area contributed by atoms with Crippen molar-refractivity contribution in [3.8, 4) is 0 Å². The number of carbonyl (C=O) groups excluding carboxylic acids is 1. The van der Waals surface area contributed by atoms with Gasteiger partial charge >= 0.3 is 0 Å². The molecule has 4 atom stereocenters. The summed E-state index contributed by atoms with van der Waals surface area (Å²) in [6.07, 6.45) is 5.52. The summed E-state index contributed by atoms with van der Waals surface area (Å²) in [5.41, 5.74) is 1.19. The van der Waals surface area contributed by atoms with Gasteiger partial charge in [-0.2, -0.15) is 0 Å². The van der Waals surface area contributed by atoms with Gasteiger partial charge in [0, 0.05) is 23.5 Å². The quantitative estimate of drug-likeness (QED) is 0.854. The monoisotopic (exact) mass is 348 g/mol. The van der Waals surface area contributed by atoms with Crippen LogP contribution in [0.5, 0.6) is 0 Å². The number of hydrogen-bond donors (Lipinski definition) is 1. The summed E-state index contributed by atoms with van der Waals surface area (Å²) in [6.45, 7) is 4.18. The fourth-order valence-corrected chi connectivity index (χ4v) is 4.60. The van der Waals surface area contributed by atoms with Crippen molar-refractivity contribution in [3.63, 3.8) is 0 Å². The molecule has 2 bridgehead atoms. The molecule has 4 heteroatoms. The molecule has 0 aliphatic carbocycles. The molecular weight excluding hydrogens is 320 g/mol. The third-order valence-corrected chi connectivity index (χ3v) is 6.00. The number of hydrogen-bond acceptors (Lipinski definition) is 2. The molecule has 0 radical (unpaired) electrons. The van der Waals surface area contributed by atoms with Gasteiger partial charge < -0.3 is 10.2 Å². The highest BCUT2D eigenvalue weighted by Gasteiger charge is 2.41. The molecule has 24 heavy (non-hydrogen) atoms. The van der Waals surface area contributed by atoms with Crippen molar-refractivity contribution >= 4 is 17.5 Å². The summed E-state index contributed by atoms with van der Waals surface area (Å²) in [5, 5.41) is 4.08. The number of halogens is 1. The molecule has 0 saturated carbocycles. The van der Waals surface area contributed by atoms with E-state index in [9.17, 15) is 4.79 Å². The van der Waals surface area contributed by atoms with Crippen LogP contribution >= 0.6 is 11.6 Å². The SMILES string of the molecule is CC(C)CC(=O)N[C@H](c1ccc(Cl)cc1)C1C[C@H]2CC[C@@H](C1)N2C. The fraction of sp³-hybridized carbons (Fsp3) is 0.650.